The Kier molecular flexibility index (Phi) is 8.32. The molecular formula is C22H39O4P. The number of unbranched alkanes of at least 4 members (excludes halogenated alkanes) is 1. The van der Waals surface area contributed by atoms with Crippen molar-refractivity contribution in [2.24, 2.45) is 16.7 Å². The summed E-state index contributed by atoms with van der Waals surface area (Å²) in [5, 5.41) is 0. The Balaban J connectivity index is 3.74. The zero-order chi connectivity index (χ0) is 20.9. The van der Waals surface area contributed by atoms with Crippen molar-refractivity contribution in [3.8, 4) is 0 Å². The van der Waals surface area contributed by atoms with E-state index in [4.69, 9.17) is 4.52 Å². The van der Waals surface area contributed by atoms with E-state index in [9.17, 15) is 14.4 Å². The Morgan fingerprint density at radius 2 is 1.59 bits per heavy atom. The topological polar surface area (TPSA) is 66.8 Å². The third-order valence-electron chi connectivity index (χ3n) is 5.42. The highest BCUT2D eigenvalue weighted by Crippen LogP contribution is 2.61. The number of benzene rings is 1. The molecule has 0 amide bonds. The third-order valence-corrected chi connectivity index (χ3v) is 5.94. The molecule has 5 heteroatoms. The summed E-state index contributed by atoms with van der Waals surface area (Å²) in [7, 11) is -4.71. The normalized spacial score (nSPS) is 16.8. The van der Waals surface area contributed by atoms with E-state index in [1.807, 2.05) is 30.3 Å². The first-order valence-electron chi connectivity index (χ1n) is 10.1. The standard InChI is InChI=1S/C22H39O4P/c1-8-10-14-18(9-2)22(26-27(23,24)25,19-15-12-11-13-16-19)21(6,7)17-20(3,4)5/h11-13,15-16,18H,8-10,14,17H2,1-7H3,(H2,23,24,25). The van der Waals surface area contributed by atoms with Crippen LogP contribution in [0.2, 0.25) is 0 Å². The maximum atomic E-state index is 12.2. The molecular weight excluding hydrogens is 359 g/mol. The van der Waals surface area contributed by atoms with Gasteiger partial charge in [0.05, 0.1) is 0 Å². The van der Waals surface area contributed by atoms with Crippen LogP contribution in [-0.4, -0.2) is 9.79 Å². The number of rotatable bonds is 10. The number of phosphoric acid groups is 1. The van der Waals surface area contributed by atoms with Crippen molar-refractivity contribution >= 4 is 7.82 Å². The van der Waals surface area contributed by atoms with Gasteiger partial charge in [0, 0.05) is 0 Å². The van der Waals surface area contributed by atoms with Gasteiger partial charge in [-0.2, -0.15) is 0 Å². The second-order valence-electron chi connectivity index (χ2n) is 9.55. The summed E-state index contributed by atoms with van der Waals surface area (Å²) in [6.07, 6.45) is 4.48. The molecule has 4 nitrogen and oxygen atoms in total. The number of hydrogen-bond acceptors (Lipinski definition) is 2. The van der Waals surface area contributed by atoms with E-state index >= 15 is 0 Å². The minimum atomic E-state index is -4.71. The van der Waals surface area contributed by atoms with E-state index in [1.54, 1.807) is 0 Å². The molecule has 0 aliphatic carbocycles. The van der Waals surface area contributed by atoms with E-state index in [1.165, 1.54) is 0 Å². The van der Waals surface area contributed by atoms with Gasteiger partial charge < -0.3 is 9.79 Å². The van der Waals surface area contributed by atoms with Crippen molar-refractivity contribution < 1.29 is 18.9 Å². The lowest BCUT2D eigenvalue weighted by Gasteiger charge is -2.53. The molecule has 1 aromatic carbocycles. The quantitative estimate of drug-likeness (QED) is 0.432. The van der Waals surface area contributed by atoms with Crippen LogP contribution >= 0.6 is 7.82 Å². The minimum Gasteiger partial charge on any atom is -0.303 e. The zero-order valence-electron chi connectivity index (χ0n) is 18.2. The lowest BCUT2D eigenvalue weighted by Crippen LogP contribution is -2.51. The SMILES string of the molecule is CCCCC(CC)C(OP(=O)(O)O)(c1ccccc1)C(C)(C)CC(C)(C)C. The molecule has 2 N–H and O–H groups in total. The molecule has 0 aromatic heterocycles. The Bertz CT molecular complexity index is 615. The van der Waals surface area contributed by atoms with Crippen molar-refractivity contribution in [2.75, 3.05) is 0 Å². The molecule has 0 saturated heterocycles. The smallest absolute Gasteiger partial charge is 0.303 e. The van der Waals surface area contributed by atoms with E-state index in [2.05, 4.69) is 48.5 Å². The predicted octanol–water partition coefficient (Wildman–Crippen LogP) is 6.67. The van der Waals surface area contributed by atoms with Gasteiger partial charge in [0.2, 0.25) is 0 Å². The van der Waals surface area contributed by atoms with E-state index < -0.39 is 18.8 Å². The van der Waals surface area contributed by atoms with Crippen LogP contribution in [0.5, 0.6) is 0 Å². The largest absolute Gasteiger partial charge is 0.470 e. The molecule has 0 fully saturated rings. The fourth-order valence-electron chi connectivity index (χ4n) is 4.91. The van der Waals surface area contributed by atoms with Gasteiger partial charge in [-0.3, -0.25) is 4.52 Å². The highest BCUT2D eigenvalue weighted by Gasteiger charge is 2.56. The van der Waals surface area contributed by atoms with Crippen LogP contribution in [0.4, 0.5) is 0 Å². The van der Waals surface area contributed by atoms with Gasteiger partial charge in [0.1, 0.15) is 5.60 Å². The highest BCUT2D eigenvalue weighted by atomic mass is 31.2. The first-order chi connectivity index (χ1) is 12.3. The van der Waals surface area contributed by atoms with E-state index in [-0.39, 0.29) is 11.3 Å². The second kappa shape index (κ2) is 9.22. The molecule has 0 heterocycles. The molecule has 2 atom stereocenters. The molecule has 2 unspecified atom stereocenters. The minimum absolute atomic E-state index is 0.00447. The van der Waals surface area contributed by atoms with Crippen LogP contribution in [0.15, 0.2) is 30.3 Å². The molecule has 0 bridgehead atoms. The van der Waals surface area contributed by atoms with Crippen molar-refractivity contribution in [3.63, 3.8) is 0 Å². The molecule has 1 rings (SSSR count). The van der Waals surface area contributed by atoms with Gasteiger partial charge in [0.15, 0.2) is 0 Å². The summed E-state index contributed by atoms with van der Waals surface area (Å²) in [5.41, 5.74) is -0.706. The van der Waals surface area contributed by atoms with Gasteiger partial charge in [-0.25, -0.2) is 4.57 Å². The summed E-state index contributed by atoms with van der Waals surface area (Å²) in [6, 6.07) is 9.68. The molecule has 0 spiro atoms. The van der Waals surface area contributed by atoms with Gasteiger partial charge in [-0.1, -0.05) is 98.1 Å². The van der Waals surface area contributed by atoms with Crippen molar-refractivity contribution in [1.29, 1.82) is 0 Å². The third kappa shape index (κ3) is 6.42. The lowest BCUT2D eigenvalue weighted by atomic mass is 9.58. The molecule has 1 aromatic rings. The van der Waals surface area contributed by atoms with Crippen LogP contribution < -0.4 is 0 Å². The summed E-state index contributed by atoms with van der Waals surface area (Å²) in [6.45, 7) is 14.9. The van der Waals surface area contributed by atoms with Crippen LogP contribution in [0, 0.1) is 16.7 Å². The van der Waals surface area contributed by atoms with Crippen molar-refractivity contribution in [3.05, 3.63) is 35.9 Å². The second-order valence-corrected chi connectivity index (χ2v) is 10.7. The summed E-state index contributed by atoms with van der Waals surface area (Å²) in [5.74, 6) is 0.00447. The first kappa shape index (κ1) is 24.4. The van der Waals surface area contributed by atoms with Crippen LogP contribution in [0.1, 0.15) is 86.1 Å². The van der Waals surface area contributed by atoms with Crippen LogP contribution in [0.3, 0.4) is 0 Å². The zero-order valence-corrected chi connectivity index (χ0v) is 19.1. The van der Waals surface area contributed by atoms with Gasteiger partial charge in [-0.15, -0.1) is 0 Å². The van der Waals surface area contributed by atoms with Gasteiger partial charge >= 0.3 is 7.82 Å². The monoisotopic (exact) mass is 398 g/mol. The fraction of sp³-hybridized carbons (Fsp3) is 0.727. The van der Waals surface area contributed by atoms with E-state index in [0.717, 1.165) is 37.7 Å². The summed E-state index contributed by atoms with van der Waals surface area (Å²) < 4.78 is 18.0. The number of hydrogen-bond donors (Lipinski definition) is 2. The first-order valence-corrected chi connectivity index (χ1v) is 11.6. The lowest BCUT2D eigenvalue weighted by molar-refractivity contribution is -0.129. The Hall–Kier alpha value is -0.670. The average molecular weight is 399 g/mol. The van der Waals surface area contributed by atoms with Crippen molar-refractivity contribution in [2.45, 2.75) is 86.2 Å². The van der Waals surface area contributed by atoms with E-state index in [0.29, 0.717) is 0 Å². The van der Waals surface area contributed by atoms with Crippen LogP contribution in [0.25, 0.3) is 0 Å². The molecule has 0 radical (unpaired) electrons. The molecule has 156 valence electrons. The molecule has 27 heavy (non-hydrogen) atoms. The Labute approximate surface area is 166 Å². The highest BCUT2D eigenvalue weighted by molar-refractivity contribution is 7.46. The molecule has 0 saturated carbocycles. The van der Waals surface area contributed by atoms with Gasteiger partial charge in [0.25, 0.3) is 0 Å². The maximum absolute atomic E-state index is 12.2. The molecule has 0 aliphatic heterocycles. The predicted molar refractivity (Wildman–Crippen MR) is 112 cm³/mol. The Morgan fingerprint density at radius 1 is 1.04 bits per heavy atom. The average Bonchev–Trinajstić information content (AvgIpc) is 2.51. The maximum Gasteiger partial charge on any atom is 0.470 e. The van der Waals surface area contributed by atoms with Crippen LogP contribution in [-0.2, 0) is 14.7 Å². The summed E-state index contributed by atoms with van der Waals surface area (Å²) >= 11 is 0. The summed E-state index contributed by atoms with van der Waals surface area (Å²) in [4.78, 5) is 19.9. The van der Waals surface area contributed by atoms with Crippen molar-refractivity contribution in [1.82, 2.24) is 0 Å². The van der Waals surface area contributed by atoms with Gasteiger partial charge in [-0.05, 0) is 35.2 Å². The Morgan fingerprint density at radius 3 is 2.00 bits per heavy atom. The number of phosphoric ester groups is 1. The fourth-order valence-corrected chi connectivity index (χ4v) is 5.78. The molecule has 0 aliphatic rings.